The normalized spacial score (nSPS) is 19.0. The number of halogens is 3. The van der Waals surface area contributed by atoms with Gasteiger partial charge in [-0.3, -0.25) is 14.5 Å². The maximum Gasteiger partial charge on any atom is 0.256 e. The Morgan fingerprint density at radius 3 is 2.63 bits per heavy atom. The van der Waals surface area contributed by atoms with Crippen molar-refractivity contribution >= 4 is 5.91 Å². The molecule has 7 nitrogen and oxygen atoms in total. The van der Waals surface area contributed by atoms with Gasteiger partial charge in [0.2, 0.25) is 0 Å². The number of nitrogens with zero attached hydrogens (tertiary/aromatic N) is 6. The highest BCUT2D eigenvalue weighted by Crippen LogP contribution is 2.45. The van der Waals surface area contributed by atoms with Crippen LogP contribution in [0.2, 0.25) is 0 Å². The predicted octanol–water partition coefficient (Wildman–Crippen LogP) is 4.38. The van der Waals surface area contributed by atoms with E-state index in [1.54, 1.807) is 53.3 Å². The van der Waals surface area contributed by atoms with Gasteiger partial charge in [-0.2, -0.15) is 10.2 Å². The molecule has 1 amide bonds. The van der Waals surface area contributed by atoms with Gasteiger partial charge in [-0.15, -0.1) is 0 Å². The number of rotatable bonds is 3. The molecular weight excluding hydrogens is 457 g/mol. The molecule has 0 radical (unpaired) electrons. The van der Waals surface area contributed by atoms with Gasteiger partial charge in [0, 0.05) is 42.8 Å². The smallest absolute Gasteiger partial charge is 0.256 e. The summed E-state index contributed by atoms with van der Waals surface area (Å²) < 4.78 is 44.8. The van der Waals surface area contributed by atoms with Crippen molar-refractivity contribution in [2.75, 3.05) is 0 Å². The number of aromatic nitrogens is 5. The predicted molar refractivity (Wildman–Crippen MR) is 120 cm³/mol. The third-order valence-corrected chi connectivity index (χ3v) is 6.91. The number of pyridine rings is 1. The summed E-state index contributed by atoms with van der Waals surface area (Å²) in [6.45, 7) is 0. The van der Waals surface area contributed by atoms with E-state index in [-0.39, 0.29) is 23.6 Å². The first-order valence-electron chi connectivity index (χ1n) is 11.4. The fourth-order valence-electron chi connectivity index (χ4n) is 5.44. The summed E-state index contributed by atoms with van der Waals surface area (Å²) in [4.78, 5) is 19.8. The van der Waals surface area contributed by atoms with Gasteiger partial charge in [-0.25, -0.2) is 17.9 Å². The second-order valence-electron chi connectivity index (χ2n) is 8.99. The number of carbonyl (C=O) groups is 1. The highest BCUT2D eigenvalue weighted by atomic mass is 19.2. The fourth-order valence-corrected chi connectivity index (χ4v) is 5.44. The largest absolute Gasteiger partial charge is 0.327 e. The zero-order valence-corrected chi connectivity index (χ0v) is 18.8. The summed E-state index contributed by atoms with van der Waals surface area (Å²) in [5.41, 5.74) is 3.48. The lowest BCUT2D eigenvalue weighted by Gasteiger charge is -2.45. The van der Waals surface area contributed by atoms with E-state index in [1.165, 1.54) is 0 Å². The van der Waals surface area contributed by atoms with E-state index in [0.29, 0.717) is 29.1 Å². The van der Waals surface area contributed by atoms with Gasteiger partial charge in [0.15, 0.2) is 17.5 Å². The Morgan fingerprint density at radius 1 is 1.09 bits per heavy atom. The average Bonchev–Trinajstić information content (AvgIpc) is 3.50. The lowest BCUT2D eigenvalue weighted by molar-refractivity contribution is 0.0391. The van der Waals surface area contributed by atoms with Crippen molar-refractivity contribution in [3.63, 3.8) is 0 Å². The third-order valence-electron chi connectivity index (χ3n) is 6.91. The van der Waals surface area contributed by atoms with Crippen LogP contribution in [0, 0.1) is 17.5 Å². The van der Waals surface area contributed by atoms with Crippen molar-refractivity contribution in [1.82, 2.24) is 29.4 Å². The number of piperidine rings is 1. The SMILES string of the molecule is Cn1nc2c(c1-c1cc(F)c(F)c(F)c1)C[C@H]1CCC[C@@H]2N1C(=O)c1cncc(-n2cccn2)c1. The molecular formula is C25H21F3N6O. The molecule has 1 aromatic carbocycles. The van der Waals surface area contributed by atoms with E-state index in [0.717, 1.165) is 37.0 Å². The number of aryl methyl sites for hydroxylation is 1. The lowest BCUT2D eigenvalue weighted by Crippen LogP contribution is -2.49. The van der Waals surface area contributed by atoms with Crippen LogP contribution >= 0.6 is 0 Å². The first-order valence-corrected chi connectivity index (χ1v) is 11.4. The Labute approximate surface area is 198 Å². The lowest BCUT2D eigenvalue weighted by atomic mass is 9.81. The highest BCUT2D eigenvalue weighted by Gasteiger charge is 2.43. The number of benzene rings is 1. The van der Waals surface area contributed by atoms with E-state index in [4.69, 9.17) is 0 Å². The molecule has 0 aliphatic carbocycles. The molecule has 2 aliphatic rings. The van der Waals surface area contributed by atoms with Crippen molar-refractivity contribution in [2.45, 2.75) is 37.8 Å². The molecule has 6 rings (SSSR count). The Hall–Kier alpha value is -3.95. The van der Waals surface area contributed by atoms with Crippen LogP contribution in [0.1, 0.15) is 46.9 Å². The summed E-state index contributed by atoms with van der Waals surface area (Å²) in [5.74, 6) is -4.12. The monoisotopic (exact) mass is 478 g/mol. The van der Waals surface area contributed by atoms with Crippen LogP contribution in [0.25, 0.3) is 16.9 Å². The molecule has 3 aromatic heterocycles. The van der Waals surface area contributed by atoms with Crippen LogP contribution in [0.15, 0.2) is 49.1 Å². The molecule has 0 N–H and O–H groups in total. The van der Waals surface area contributed by atoms with Crippen LogP contribution < -0.4 is 0 Å². The van der Waals surface area contributed by atoms with Crippen molar-refractivity contribution in [2.24, 2.45) is 7.05 Å². The molecule has 2 atom stereocenters. The van der Waals surface area contributed by atoms with Gasteiger partial charge in [0.1, 0.15) is 0 Å². The topological polar surface area (TPSA) is 68.8 Å². The standard InChI is InChI=1S/C25H21F3N6O/c1-32-24(14-9-19(26)22(28)20(27)10-14)18-11-16-4-2-5-21(23(18)31-32)34(16)25(35)15-8-17(13-29-12-15)33-7-3-6-30-33/h3,6-10,12-13,16,21H,2,4-5,11H2,1H3/t16-,21+/m1/s1. The van der Waals surface area contributed by atoms with E-state index < -0.39 is 17.5 Å². The Kier molecular flexibility index (Phi) is 4.98. The molecule has 5 heterocycles. The van der Waals surface area contributed by atoms with Gasteiger partial charge in [-0.1, -0.05) is 0 Å². The average molecular weight is 478 g/mol. The number of carbonyl (C=O) groups excluding carboxylic acids is 1. The van der Waals surface area contributed by atoms with Crippen LogP contribution in [0.3, 0.4) is 0 Å². The molecule has 10 heteroatoms. The van der Waals surface area contributed by atoms with Crippen molar-refractivity contribution in [3.8, 4) is 16.9 Å². The Balaban J connectivity index is 1.40. The molecule has 0 spiro atoms. The molecule has 0 unspecified atom stereocenters. The summed E-state index contributed by atoms with van der Waals surface area (Å²) in [7, 11) is 1.69. The van der Waals surface area contributed by atoms with E-state index in [1.807, 2.05) is 4.90 Å². The second-order valence-corrected chi connectivity index (χ2v) is 8.99. The molecule has 0 saturated carbocycles. The third kappa shape index (κ3) is 3.43. The number of hydrogen-bond acceptors (Lipinski definition) is 4. The molecule has 2 bridgehead atoms. The van der Waals surface area contributed by atoms with Gasteiger partial charge >= 0.3 is 0 Å². The molecule has 1 fully saturated rings. The second kappa shape index (κ2) is 8.07. The van der Waals surface area contributed by atoms with Crippen LogP contribution in [0.5, 0.6) is 0 Å². The maximum absolute atomic E-state index is 14.0. The maximum atomic E-state index is 14.0. The van der Waals surface area contributed by atoms with Crippen molar-refractivity contribution < 1.29 is 18.0 Å². The fraction of sp³-hybridized carbons (Fsp3) is 0.280. The van der Waals surface area contributed by atoms with Crippen LogP contribution in [-0.4, -0.2) is 41.4 Å². The van der Waals surface area contributed by atoms with E-state index in [2.05, 4.69) is 15.2 Å². The van der Waals surface area contributed by atoms with Gasteiger partial charge in [0.25, 0.3) is 5.91 Å². The number of amides is 1. The van der Waals surface area contributed by atoms with Crippen molar-refractivity contribution in [1.29, 1.82) is 0 Å². The zero-order valence-electron chi connectivity index (χ0n) is 18.8. The first-order chi connectivity index (χ1) is 16.9. The van der Waals surface area contributed by atoms with Crippen molar-refractivity contribution in [3.05, 3.63) is 83.3 Å². The summed E-state index contributed by atoms with van der Waals surface area (Å²) in [5, 5.41) is 8.88. The quantitative estimate of drug-likeness (QED) is 0.410. The van der Waals surface area contributed by atoms with E-state index >= 15 is 0 Å². The minimum Gasteiger partial charge on any atom is -0.327 e. The molecule has 35 heavy (non-hydrogen) atoms. The molecule has 2 aliphatic heterocycles. The van der Waals surface area contributed by atoms with Crippen LogP contribution in [0.4, 0.5) is 13.2 Å². The number of hydrogen-bond donors (Lipinski definition) is 0. The molecule has 4 aromatic rings. The minimum atomic E-state index is -1.50. The Bertz CT molecular complexity index is 1420. The zero-order chi connectivity index (χ0) is 24.3. The minimum absolute atomic E-state index is 0.0970. The summed E-state index contributed by atoms with van der Waals surface area (Å²) in [6, 6.07) is 5.18. The number of fused-ring (bicyclic) bond motifs is 4. The van der Waals surface area contributed by atoms with Gasteiger partial charge in [0.05, 0.1) is 34.9 Å². The highest BCUT2D eigenvalue weighted by molar-refractivity contribution is 5.95. The van der Waals surface area contributed by atoms with Crippen LogP contribution in [-0.2, 0) is 13.5 Å². The molecule has 1 saturated heterocycles. The van der Waals surface area contributed by atoms with E-state index in [9.17, 15) is 18.0 Å². The first kappa shape index (κ1) is 21.6. The van der Waals surface area contributed by atoms with Gasteiger partial charge in [-0.05, 0) is 49.9 Å². The van der Waals surface area contributed by atoms with Gasteiger partial charge < -0.3 is 4.90 Å². The molecule has 178 valence electrons. The summed E-state index contributed by atoms with van der Waals surface area (Å²) >= 11 is 0. The summed E-state index contributed by atoms with van der Waals surface area (Å²) in [6.07, 6.45) is 9.59. The Morgan fingerprint density at radius 2 is 1.89 bits per heavy atom.